The van der Waals surface area contributed by atoms with Crippen molar-refractivity contribution in [2.45, 2.75) is 38.5 Å². The molecule has 8 aromatic carbocycles. The summed E-state index contributed by atoms with van der Waals surface area (Å²) in [7, 11) is 0. The normalized spacial score (nSPS) is 14.2. The molecule has 0 aliphatic heterocycles. The molecule has 274 valence electrons. The molecule has 0 saturated carbocycles. The van der Waals surface area contributed by atoms with Gasteiger partial charge in [0.2, 0.25) is 0 Å². The molecule has 0 fully saturated rings. The largest absolute Gasteiger partial charge is 0.455 e. The summed E-state index contributed by atoms with van der Waals surface area (Å²) in [6, 6.07) is 65.6. The van der Waals surface area contributed by atoms with Crippen molar-refractivity contribution in [2.75, 3.05) is 9.80 Å². The Balaban J connectivity index is 1.16. The summed E-state index contributed by atoms with van der Waals surface area (Å²) < 4.78 is 7.03. The zero-order chi connectivity index (χ0) is 38.5. The van der Waals surface area contributed by atoms with Gasteiger partial charge in [-0.1, -0.05) is 131 Å². The van der Waals surface area contributed by atoms with Gasteiger partial charge in [-0.2, -0.15) is 0 Å². The summed E-state index contributed by atoms with van der Waals surface area (Å²) in [6.45, 7) is 9.70. The second-order valence-electron chi connectivity index (χ2n) is 16.5. The Bertz CT molecular complexity index is 2920. The maximum Gasteiger partial charge on any atom is 0.144 e. The van der Waals surface area contributed by atoms with Crippen molar-refractivity contribution in [3.63, 3.8) is 0 Å². The highest BCUT2D eigenvalue weighted by molar-refractivity contribution is 6.21. The SMILES string of the molecule is CC1(C)c2cc(N(c3ccccc3)c3ccccc3)ccc2-c2c1c1c(c3c2oc2ccccc23)-c2ccc(N(c3ccccc3)c3ccccc3)cc2C1(C)C. The molecule has 3 heteroatoms. The van der Waals surface area contributed by atoms with E-state index in [1.807, 2.05) is 0 Å². The van der Waals surface area contributed by atoms with Gasteiger partial charge in [-0.05, 0) is 118 Å². The standard InChI is InChI=1S/C54H42N2O/c1-53(2)44-33-39(55(35-19-9-5-10-20-35)36-21-11-6-12-22-36)29-31-41(44)47-48-43-27-17-18-28-46(43)57-52(48)49-42-32-30-40(34-45(42)54(3,4)51(49)50(47)53)56(37-23-13-7-14-24-37)38-25-15-8-16-26-38/h5-34H,1-4H3. The first-order valence-electron chi connectivity index (χ1n) is 19.9. The third-order valence-electron chi connectivity index (χ3n) is 12.5. The van der Waals surface area contributed by atoms with E-state index in [2.05, 4.69) is 219 Å². The molecule has 0 bridgehead atoms. The van der Waals surface area contributed by atoms with Crippen LogP contribution in [0.4, 0.5) is 34.1 Å². The van der Waals surface area contributed by atoms with E-state index in [4.69, 9.17) is 4.42 Å². The molecular formula is C54H42N2O. The van der Waals surface area contributed by atoms with Gasteiger partial charge < -0.3 is 14.2 Å². The first-order valence-corrected chi connectivity index (χ1v) is 19.9. The second-order valence-corrected chi connectivity index (χ2v) is 16.5. The number of hydrogen-bond donors (Lipinski definition) is 0. The minimum Gasteiger partial charge on any atom is -0.455 e. The molecule has 0 unspecified atom stereocenters. The van der Waals surface area contributed by atoms with Crippen LogP contribution >= 0.6 is 0 Å². The Labute approximate surface area is 334 Å². The molecule has 1 aromatic heterocycles. The van der Waals surface area contributed by atoms with Crippen molar-refractivity contribution in [1.29, 1.82) is 0 Å². The quantitative estimate of drug-likeness (QED) is 0.170. The molecule has 0 amide bonds. The van der Waals surface area contributed by atoms with Gasteiger partial charge in [0.1, 0.15) is 11.2 Å². The highest BCUT2D eigenvalue weighted by atomic mass is 16.3. The van der Waals surface area contributed by atoms with Crippen LogP contribution in [0, 0.1) is 0 Å². The van der Waals surface area contributed by atoms with Crippen molar-refractivity contribution in [1.82, 2.24) is 0 Å². The molecule has 2 aliphatic carbocycles. The molecule has 9 aromatic rings. The Morgan fingerprint density at radius 1 is 0.386 bits per heavy atom. The van der Waals surface area contributed by atoms with Crippen LogP contribution in [0.2, 0.25) is 0 Å². The first kappa shape index (κ1) is 33.5. The lowest BCUT2D eigenvalue weighted by Gasteiger charge is -2.32. The van der Waals surface area contributed by atoms with Crippen LogP contribution in [0.25, 0.3) is 44.2 Å². The average molecular weight is 735 g/mol. The number of hydrogen-bond acceptors (Lipinski definition) is 3. The van der Waals surface area contributed by atoms with Crippen LogP contribution in [-0.2, 0) is 10.8 Å². The Morgan fingerprint density at radius 3 is 1.23 bits per heavy atom. The predicted molar refractivity (Wildman–Crippen MR) is 238 cm³/mol. The third-order valence-corrected chi connectivity index (χ3v) is 12.5. The molecular weight excluding hydrogens is 693 g/mol. The molecule has 3 nitrogen and oxygen atoms in total. The number of benzene rings is 8. The highest BCUT2D eigenvalue weighted by Crippen LogP contribution is 2.64. The van der Waals surface area contributed by atoms with Gasteiger partial charge in [0.15, 0.2) is 0 Å². The Hall–Kier alpha value is -6.84. The average Bonchev–Trinajstić information content (AvgIpc) is 3.82. The van der Waals surface area contributed by atoms with Gasteiger partial charge in [0, 0.05) is 61.3 Å². The first-order chi connectivity index (χ1) is 27.8. The van der Waals surface area contributed by atoms with Crippen LogP contribution in [0.5, 0.6) is 0 Å². The number of fused-ring (bicyclic) bond motifs is 12. The molecule has 0 spiro atoms. The topological polar surface area (TPSA) is 19.6 Å². The molecule has 57 heavy (non-hydrogen) atoms. The number of nitrogens with zero attached hydrogens (tertiary/aromatic N) is 2. The fraction of sp³-hybridized carbons (Fsp3) is 0.111. The van der Waals surface area contributed by atoms with Gasteiger partial charge in [0.25, 0.3) is 0 Å². The zero-order valence-corrected chi connectivity index (χ0v) is 32.6. The highest BCUT2D eigenvalue weighted by Gasteiger charge is 2.49. The number of furan rings is 1. The molecule has 0 saturated heterocycles. The lowest BCUT2D eigenvalue weighted by Crippen LogP contribution is -2.24. The zero-order valence-electron chi connectivity index (χ0n) is 32.6. The van der Waals surface area contributed by atoms with E-state index in [1.54, 1.807) is 0 Å². The van der Waals surface area contributed by atoms with Crippen LogP contribution in [-0.4, -0.2) is 0 Å². The van der Waals surface area contributed by atoms with E-state index < -0.39 is 0 Å². The second kappa shape index (κ2) is 12.3. The Morgan fingerprint density at radius 2 is 0.772 bits per heavy atom. The molecule has 0 N–H and O–H groups in total. The molecule has 0 radical (unpaired) electrons. The summed E-state index contributed by atoms with van der Waals surface area (Å²) in [4.78, 5) is 4.74. The maximum absolute atomic E-state index is 7.03. The van der Waals surface area contributed by atoms with Crippen molar-refractivity contribution >= 4 is 56.1 Å². The van der Waals surface area contributed by atoms with Crippen LogP contribution in [0.15, 0.2) is 186 Å². The van der Waals surface area contributed by atoms with E-state index in [1.165, 1.54) is 49.9 Å². The van der Waals surface area contributed by atoms with Crippen LogP contribution in [0.3, 0.4) is 0 Å². The van der Waals surface area contributed by atoms with Crippen molar-refractivity contribution in [2.24, 2.45) is 0 Å². The van der Waals surface area contributed by atoms with E-state index in [-0.39, 0.29) is 10.8 Å². The predicted octanol–water partition coefficient (Wildman–Crippen LogP) is 15.1. The number of para-hydroxylation sites is 5. The summed E-state index contributed by atoms with van der Waals surface area (Å²) in [5.74, 6) is 0. The summed E-state index contributed by atoms with van der Waals surface area (Å²) in [5.41, 5.74) is 18.6. The van der Waals surface area contributed by atoms with Gasteiger partial charge >= 0.3 is 0 Å². The fourth-order valence-electron chi connectivity index (χ4n) is 10.0. The van der Waals surface area contributed by atoms with Crippen LogP contribution in [0.1, 0.15) is 49.9 Å². The molecule has 2 aliphatic rings. The van der Waals surface area contributed by atoms with E-state index >= 15 is 0 Å². The van der Waals surface area contributed by atoms with E-state index in [0.717, 1.165) is 50.7 Å². The maximum atomic E-state index is 7.03. The van der Waals surface area contributed by atoms with Crippen LogP contribution < -0.4 is 9.80 Å². The summed E-state index contributed by atoms with van der Waals surface area (Å²) in [5, 5.41) is 2.38. The lowest BCUT2D eigenvalue weighted by atomic mass is 9.72. The van der Waals surface area contributed by atoms with E-state index in [9.17, 15) is 0 Å². The van der Waals surface area contributed by atoms with Gasteiger partial charge in [0.05, 0.1) is 0 Å². The van der Waals surface area contributed by atoms with Crippen molar-refractivity contribution in [3.05, 3.63) is 204 Å². The van der Waals surface area contributed by atoms with Gasteiger partial charge in [-0.3, -0.25) is 0 Å². The monoisotopic (exact) mass is 734 g/mol. The smallest absolute Gasteiger partial charge is 0.144 e. The lowest BCUT2D eigenvalue weighted by molar-refractivity contribution is 0.600. The minimum absolute atomic E-state index is 0.307. The minimum atomic E-state index is -0.320. The number of rotatable bonds is 6. The molecule has 1 heterocycles. The van der Waals surface area contributed by atoms with Crippen molar-refractivity contribution in [3.8, 4) is 22.3 Å². The number of anilines is 6. The molecule has 11 rings (SSSR count). The summed E-state index contributed by atoms with van der Waals surface area (Å²) in [6.07, 6.45) is 0. The third kappa shape index (κ3) is 4.85. The fourth-order valence-corrected chi connectivity index (χ4v) is 10.0. The van der Waals surface area contributed by atoms with E-state index in [0.29, 0.717) is 0 Å². The Kier molecular flexibility index (Phi) is 7.25. The van der Waals surface area contributed by atoms with Gasteiger partial charge in [-0.25, -0.2) is 0 Å². The molecule has 0 atom stereocenters. The summed E-state index contributed by atoms with van der Waals surface area (Å²) >= 11 is 0. The van der Waals surface area contributed by atoms with Gasteiger partial charge in [-0.15, -0.1) is 0 Å². The van der Waals surface area contributed by atoms with Crippen molar-refractivity contribution < 1.29 is 4.42 Å².